The summed E-state index contributed by atoms with van der Waals surface area (Å²) < 4.78 is 14.7. The Labute approximate surface area is 187 Å². The normalized spacial score (nSPS) is 15.8. The molecule has 2 heterocycles. The van der Waals surface area contributed by atoms with Gasteiger partial charge in [0.05, 0.1) is 28.5 Å². The standard InChI is InChI=1S/C21H18Cl2FN5O2/c22-15-2-1-3-16(23)19(15)29-11-17(18(27-29)20(25)30)26-14-6-4-12(5-7-14)21(31)28-9-8-13(24)10-28/h1-7,11,13,26H,8-10H2,(H2,25,30)/t13-/m0/s1. The zero-order valence-corrected chi connectivity index (χ0v) is 17.7. The van der Waals surface area contributed by atoms with Gasteiger partial charge in [0.1, 0.15) is 11.9 Å². The molecule has 1 aromatic heterocycles. The second kappa shape index (κ2) is 8.56. The lowest BCUT2D eigenvalue weighted by Gasteiger charge is -2.15. The molecule has 0 spiro atoms. The van der Waals surface area contributed by atoms with Crippen LogP contribution in [0.4, 0.5) is 15.8 Å². The van der Waals surface area contributed by atoms with Crippen molar-refractivity contribution in [3.63, 3.8) is 0 Å². The van der Waals surface area contributed by atoms with Crippen LogP contribution in [0.5, 0.6) is 0 Å². The van der Waals surface area contributed by atoms with Crippen LogP contribution in [0.1, 0.15) is 27.3 Å². The molecule has 0 saturated carbocycles. The number of hydrogen-bond acceptors (Lipinski definition) is 4. The highest BCUT2D eigenvalue weighted by Crippen LogP contribution is 2.30. The Hall–Kier alpha value is -3.10. The maximum Gasteiger partial charge on any atom is 0.271 e. The van der Waals surface area contributed by atoms with Crippen molar-refractivity contribution >= 4 is 46.4 Å². The predicted molar refractivity (Wildman–Crippen MR) is 117 cm³/mol. The summed E-state index contributed by atoms with van der Waals surface area (Å²) in [5.74, 6) is -0.947. The van der Waals surface area contributed by atoms with E-state index >= 15 is 0 Å². The number of anilines is 2. The first-order valence-electron chi connectivity index (χ1n) is 9.48. The molecule has 1 saturated heterocycles. The highest BCUT2D eigenvalue weighted by Gasteiger charge is 2.26. The fraction of sp³-hybridized carbons (Fsp3) is 0.190. The molecule has 10 heteroatoms. The number of amides is 2. The molecule has 2 amide bonds. The van der Waals surface area contributed by atoms with Gasteiger partial charge in [-0.2, -0.15) is 5.10 Å². The molecule has 0 radical (unpaired) electrons. The summed E-state index contributed by atoms with van der Waals surface area (Å²) in [5.41, 5.74) is 7.30. The summed E-state index contributed by atoms with van der Waals surface area (Å²) in [6.07, 6.45) is 0.943. The quantitative estimate of drug-likeness (QED) is 0.594. The van der Waals surface area contributed by atoms with Crippen LogP contribution in [0.2, 0.25) is 10.0 Å². The molecule has 0 aliphatic carbocycles. The summed E-state index contributed by atoms with van der Waals surface area (Å²) >= 11 is 12.5. The Bertz CT molecular complexity index is 1130. The number of carbonyl (C=O) groups excluding carboxylic acids is 2. The highest BCUT2D eigenvalue weighted by molar-refractivity contribution is 6.37. The molecule has 1 atom stereocenters. The maximum absolute atomic E-state index is 13.4. The third kappa shape index (κ3) is 4.35. The molecule has 0 bridgehead atoms. The Morgan fingerprint density at radius 2 is 1.81 bits per heavy atom. The van der Waals surface area contributed by atoms with Gasteiger partial charge in [-0.1, -0.05) is 29.3 Å². The topological polar surface area (TPSA) is 93.2 Å². The number of carbonyl (C=O) groups is 2. The molecule has 1 aliphatic heterocycles. The number of hydrogen-bond donors (Lipinski definition) is 2. The summed E-state index contributed by atoms with van der Waals surface area (Å²) in [7, 11) is 0. The number of nitrogens with one attached hydrogen (secondary N) is 1. The fourth-order valence-corrected chi connectivity index (χ4v) is 3.98. The SMILES string of the molecule is NC(=O)c1nn(-c2c(Cl)cccc2Cl)cc1Nc1ccc(C(=O)N2CC[C@H](F)C2)cc1. The number of nitrogens with zero attached hydrogens (tertiary/aromatic N) is 3. The highest BCUT2D eigenvalue weighted by atomic mass is 35.5. The molecule has 7 nitrogen and oxygen atoms in total. The number of likely N-dealkylation sites (tertiary alicyclic amines) is 1. The Morgan fingerprint density at radius 1 is 1.13 bits per heavy atom. The average Bonchev–Trinajstić information content (AvgIpc) is 3.34. The molecule has 2 aromatic carbocycles. The third-order valence-corrected chi connectivity index (χ3v) is 5.55. The Morgan fingerprint density at radius 3 is 2.39 bits per heavy atom. The van der Waals surface area contributed by atoms with Gasteiger partial charge < -0.3 is 16.0 Å². The maximum atomic E-state index is 13.4. The lowest BCUT2D eigenvalue weighted by atomic mass is 10.2. The molecule has 160 valence electrons. The van der Waals surface area contributed by atoms with Crippen LogP contribution in [0, 0.1) is 0 Å². The number of primary amides is 1. The smallest absolute Gasteiger partial charge is 0.271 e. The molecular weight excluding hydrogens is 444 g/mol. The monoisotopic (exact) mass is 461 g/mol. The molecule has 3 N–H and O–H groups in total. The van der Waals surface area contributed by atoms with E-state index in [1.54, 1.807) is 48.7 Å². The van der Waals surface area contributed by atoms with Crippen LogP contribution in [0.15, 0.2) is 48.7 Å². The van der Waals surface area contributed by atoms with Gasteiger partial charge in [-0.05, 0) is 42.8 Å². The number of nitrogens with two attached hydrogens (primary N) is 1. The zero-order valence-electron chi connectivity index (χ0n) is 16.2. The van der Waals surface area contributed by atoms with Crippen LogP contribution < -0.4 is 11.1 Å². The predicted octanol–water partition coefficient (Wildman–Crippen LogP) is 4.21. The molecule has 1 aliphatic rings. The number of rotatable bonds is 5. The van der Waals surface area contributed by atoms with E-state index in [1.807, 2.05) is 0 Å². The first-order valence-corrected chi connectivity index (χ1v) is 10.2. The lowest BCUT2D eigenvalue weighted by molar-refractivity contribution is 0.0782. The number of benzene rings is 2. The van der Waals surface area contributed by atoms with Crippen LogP contribution in [-0.2, 0) is 0 Å². The average molecular weight is 462 g/mol. The van der Waals surface area contributed by atoms with Crippen molar-refractivity contribution in [1.29, 1.82) is 0 Å². The van der Waals surface area contributed by atoms with E-state index in [-0.39, 0.29) is 18.1 Å². The molecule has 0 unspecified atom stereocenters. The zero-order chi connectivity index (χ0) is 22.1. The van der Waals surface area contributed by atoms with Crippen molar-refractivity contribution in [2.75, 3.05) is 18.4 Å². The fourth-order valence-electron chi connectivity index (χ4n) is 3.41. The van der Waals surface area contributed by atoms with Crippen molar-refractivity contribution in [2.24, 2.45) is 5.73 Å². The van der Waals surface area contributed by atoms with E-state index in [1.165, 1.54) is 9.58 Å². The van der Waals surface area contributed by atoms with Gasteiger partial charge in [0.2, 0.25) is 0 Å². The lowest BCUT2D eigenvalue weighted by Crippen LogP contribution is -2.28. The van der Waals surface area contributed by atoms with E-state index in [4.69, 9.17) is 28.9 Å². The van der Waals surface area contributed by atoms with E-state index in [2.05, 4.69) is 10.4 Å². The second-order valence-electron chi connectivity index (χ2n) is 7.11. The van der Waals surface area contributed by atoms with Gasteiger partial charge in [-0.3, -0.25) is 9.59 Å². The van der Waals surface area contributed by atoms with Gasteiger partial charge in [0.15, 0.2) is 5.69 Å². The number of alkyl halides is 1. The van der Waals surface area contributed by atoms with Crippen molar-refractivity contribution in [1.82, 2.24) is 14.7 Å². The molecule has 31 heavy (non-hydrogen) atoms. The van der Waals surface area contributed by atoms with E-state index in [0.717, 1.165) is 0 Å². The van der Waals surface area contributed by atoms with Gasteiger partial charge >= 0.3 is 0 Å². The van der Waals surface area contributed by atoms with E-state index in [9.17, 15) is 14.0 Å². The number of halogens is 3. The van der Waals surface area contributed by atoms with Gasteiger partial charge in [0.25, 0.3) is 11.8 Å². The number of aromatic nitrogens is 2. The summed E-state index contributed by atoms with van der Waals surface area (Å²) in [5, 5.41) is 8.01. The van der Waals surface area contributed by atoms with E-state index in [0.29, 0.717) is 45.6 Å². The molecule has 3 aromatic rings. The van der Waals surface area contributed by atoms with Gasteiger partial charge in [0, 0.05) is 17.8 Å². The Kier molecular flexibility index (Phi) is 5.84. The van der Waals surface area contributed by atoms with Gasteiger partial charge in [-0.25, -0.2) is 9.07 Å². The minimum Gasteiger partial charge on any atom is -0.364 e. The van der Waals surface area contributed by atoms with Crippen molar-refractivity contribution < 1.29 is 14.0 Å². The molecule has 1 fully saturated rings. The summed E-state index contributed by atoms with van der Waals surface area (Å²) in [6.45, 7) is 0.524. The van der Waals surface area contributed by atoms with Crippen molar-refractivity contribution in [2.45, 2.75) is 12.6 Å². The Balaban J connectivity index is 1.58. The molecule has 4 rings (SSSR count). The minimum absolute atomic E-state index is 0.00203. The summed E-state index contributed by atoms with van der Waals surface area (Å²) in [6, 6.07) is 11.6. The summed E-state index contributed by atoms with van der Waals surface area (Å²) in [4.78, 5) is 25.9. The first kappa shape index (κ1) is 21.1. The van der Waals surface area contributed by atoms with Crippen LogP contribution in [0.3, 0.4) is 0 Å². The van der Waals surface area contributed by atoms with Crippen molar-refractivity contribution in [3.8, 4) is 5.69 Å². The molecular formula is C21H18Cl2FN5O2. The van der Waals surface area contributed by atoms with Crippen molar-refractivity contribution in [3.05, 3.63) is 70.0 Å². The van der Waals surface area contributed by atoms with E-state index < -0.39 is 12.1 Å². The first-order chi connectivity index (χ1) is 14.8. The van der Waals surface area contributed by atoms with Crippen LogP contribution in [-0.4, -0.2) is 45.8 Å². The van der Waals surface area contributed by atoms with Gasteiger partial charge in [-0.15, -0.1) is 0 Å². The minimum atomic E-state index is -0.972. The second-order valence-corrected chi connectivity index (χ2v) is 7.92. The van der Waals surface area contributed by atoms with Crippen LogP contribution in [0.25, 0.3) is 5.69 Å². The largest absolute Gasteiger partial charge is 0.364 e. The number of para-hydroxylation sites is 1. The van der Waals surface area contributed by atoms with Crippen LogP contribution >= 0.6 is 23.2 Å². The third-order valence-electron chi connectivity index (χ3n) is 4.94.